The average molecular weight is 533 g/mol. The number of nitrogens with one attached hydrogen (secondary N) is 1. The zero-order valence-corrected chi connectivity index (χ0v) is 22.5. The molecule has 1 saturated heterocycles. The summed E-state index contributed by atoms with van der Waals surface area (Å²) >= 11 is 5.92. The molecule has 0 unspecified atom stereocenters. The van der Waals surface area contributed by atoms with E-state index in [1.54, 1.807) is 12.3 Å². The maximum Gasteiger partial charge on any atom is 0.174 e. The number of nitrogens with zero attached hydrogens (tertiary/aromatic N) is 3. The topological polar surface area (TPSA) is 62.5 Å². The minimum Gasteiger partial charge on any atom is -0.506 e. The van der Waals surface area contributed by atoms with E-state index in [4.69, 9.17) is 17.0 Å². The van der Waals surface area contributed by atoms with Gasteiger partial charge < -0.3 is 24.6 Å². The molecule has 0 bridgehead atoms. The van der Waals surface area contributed by atoms with Crippen molar-refractivity contribution >= 4 is 23.0 Å². The number of anilines is 1. The molecule has 39 heavy (non-hydrogen) atoms. The summed E-state index contributed by atoms with van der Waals surface area (Å²) in [5.74, 6) is 1.77. The largest absolute Gasteiger partial charge is 0.506 e. The Morgan fingerprint density at radius 1 is 0.846 bits per heavy atom. The van der Waals surface area contributed by atoms with Crippen LogP contribution in [0.2, 0.25) is 0 Å². The van der Waals surface area contributed by atoms with Gasteiger partial charge in [-0.1, -0.05) is 36.4 Å². The molecule has 3 heterocycles. The predicted molar refractivity (Wildman–Crippen MR) is 158 cm³/mol. The molecule has 0 spiro atoms. The van der Waals surface area contributed by atoms with Gasteiger partial charge in [0.15, 0.2) is 5.11 Å². The van der Waals surface area contributed by atoms with Gasteiger partial charge in [0.25, 0.3) is 0 Å². The molecule has 0 amide bonds. The van der Waals surface area contributed by atoms with Gasteiger partial charge in [-0.2, -0.15) is 0 Å². The van der Waals surface area contributed by atoms with E-state index < -0.39 is 0 Å². The minimum absolute atomic E-state index is 0.168. The zero-order chi connectivity index (χ0) is 26.9. The summed E-state index contributed by atoms with van der Waals surface area (Å²) < 4.78 is 8.11. The van der Waals surface area contributed by atoms with Gasteiger partial charge in [-0.25, -0.2) is 0 Å². The molecular weight excluding hydrogens is 504 g/mol. The fourth-order valence-corrected chi connectivity index (χ4v) is 5.71. The Bertz CT molecular complexity index is 1620. The van der Waals surface area contributed by atoms with Gasteiger partial charge in [0.1, 0.15) is 17.2 Å². The Kier molecular flexibility index (Phi) is 6.50. The van der Waals surface area contributed by atoms with E-state index in [1.165, 1.54) is 0 Å². The molecule has 2 aromatic heterocycles. The highest BCUT2D eigenvalue weighted by Gasteiger charge is 2.42. The van der Waals surface area contributed by atoms with E-state index in [2.05, 4.69) is 39.7 Å². The number of phenolic OH excluding ortho intramolecular Hbond substituents is 1. The number of aromatic hydroxyl groups is 1. The van der Waals surface area contributed by atoms with Crippen molar-refractivity contribution in [1.82, 2.24) is 14.9 Å². The molecule has 1 aliphatic rings. The molecule has 0 radical (unpaired) electrons. The maximum atomic E-state index is 10.6. The van der Waals surface area contributed by atoms with Gasteiger partial charge in [0.2, 0.25) is 0 Å². The quantitative estimate of drug-likeness (QED) is 0.226. The van der Waals surface area contributed by atoms with Crippen LogP contribution < -0.4 is 15.0 Å². The highest BCUT2D eigenvalue weighted by atomic mass is 32.1. The summed E-state index contributed by atoms with van der Waals surface area (Å²) in [6, 6.07) is 32.9. The van der Waals surface area contributed by atoms with E-state index in [9.17, 15) is 5.11 Å². The third-order valence-corrected chi connectivity index (χ3v) is 7.42. The number of ether oxygens (including phenoxy) is 1. The third kappa shape index (κ3) is 4.62. The molecule has 2 atom stereocenters. The van der Waals surface area contributed by atoms with Gasteiger partial charge >= 0.3 is 0 Å². The van der Waals surface area contributed by atoms with Crippen LogP contribution in [0.3, 0.4) is 0 Å². The molecule has 3 aromatic carbocycles. The lowest BCUT2D eigenvalue weighted by molar-refractivity contribution is 0.471. The second-order valence-corrected chi connectivity index (χ2v) is 9.94. The van der Waals surface area contributed by atoms with Crippen LogP contribution in [0.1, 0.15) is 34.7 Å². The summed E-state index contributed by atoms with van der Waals surface area (Å²) in [7, 11) is 0. The first-order valence-electron chi connectivity index (χ1n) is 12.8. The number of aryl methyl sites for hydroxylation is 1. The second kappa shape index (κ2) is 10.3. The second-order valence-electron chi connectivity index (χ2n) is 9.56. The van der Waals surface area contributed by atoms with Crippen LogP contribution in [0.5, 0.6) is 17.2 Å². The average Bonchev–Trinajstić information content (AvgIpc) is 3.45. The Balaban J connectivity index is 1.43. The van der Waals surface area contributed by atoms with E-state index >= 15 is 0 Å². The fourth-order valence-electron chi connectivity index (χ4n) is 5.36. The molecule has 1 fully saturated rings. The lowest BCUT2D eigenvalue weighted by Crippen LogP contribution is -2.29. The van der Waals surface area contributed by atoms with Crippen molar-refractivity contribution in [2.45, 2.75) is 25.9 Å². The van der Waals surface area contributed by atoms with Crippen molar-refractivity contribution in [3.05, 3.63) is 132 Å². The first kappa shape index (κ1) is 24.7. The zero-order valence-electron chi connectivity index (χ0n) is 21.7. The summed E-state index contributed by atoms with van der Waals surface area (Å²) in [6.45, 7) is 4.14. The predicted octanol–water partition coefficient (Wildman–Crippen LogP) is 7.16. The number of para-hydroxylation sites is 3. The number of aromatic nitrogens is 2. The smallest absolute Gasteiger partial charge is 0.174 e. The van der Waals surface area contributed by atoms with Crippen molar-refractivity contribution in [3.8, 4) is 22.9 Å². The number of rotatable bonds is 6. The van der Waals surface area contributed by atoms with Crippen LogP contribution in [0, 0.1) is 13.8 Å². The molecule has 6 rings (SSSR count). The molecule has 194 valence electrons. The number of benzene rings is 3. The Hall–Kier alpha value is -4.62. The van der Waals surface area contributed by atoms with Crippen molar-refractivity contribution < 1.29 is 9.84 Å². The van der Waals surface area contributed by atoms with Gasteiger partial charge in [-0.3, -0.25) is 4.98 Å². The van der Waals surface area contributed by atoms with Gasteiger partial charge in [0, 0.05) is 23.3 Å². The van der Waals surface area contributed by atoms with Crippen molar-refractivity contribution in [1.29, 1.82) is 0 Å². The number of hydrogen-bond donors (Lipinski definition) is 2. The molecular formula is C32H28N4O2S. The standard InChI is InChI=1S/C32H28N4O2S/c1-21-20-26(22(2)35(21)28-13-6-7-14-29(28)37)31-30(27-12-8-9-19-33-27)34-32(39)36(31)23-15-17-25(18-16-23)38-24-10-4-3-5-11-24/h3-20,30-31,37H,1-2H3,(H,34,39)/t30-,31+/m0/s1. The maximum absolute atomic E-state index is 10.6. The highest BCUT2D eigenvalue weighted by Crippen LogP contribution is 2.44. The summed E-state index contributed by atoms with van der Waals surface area (Å²) in [4.78, 5) is 6.83. The van der Waals surface area contributed by atoms with E-state index in [0.717, 1.165) is 45.5 Å². The number of pyridine rings is 1. The summed E-state index contributed by atoms with van der Waals surface area (Å²) in [5.41, 5.74) is 5.75. The van der Waals surface area contributed by atoms with Crippen molar-refractivity contribution in [3.63, 3.8) is 0 Å². The molecule has 6 nitrogen and oxygen atoms in total. The molecule has 2 N–H and O–H groups in total. The van der Waals surface area contributed by atoms with Crippen LogP contribution in [-0.4, -0.2) is 19.8 Å². The van der Waals surface area contributed by atoms with Crippen LogP contribution in [0.25, 0.3) is 5.69 Å². The number of thiocarbonyl (C=S) groups is 1. The molecule has 1 aliphatic heterocycles. The molecule has 0 aliphatic carbocycles. The lowest BCUT2D eigenvalue weighted by Gasteiger charge is -2.28. The van der Waals surface area contributed by atoms with E-state index in [0.29, 0.717) is 5.11 Å². The van der Waals surface area contributed by atoms with Crippen LogP contribution in [-0.2, 0) is 0 Å². The first-order valence-corrected chi connectivity index (χ1v) is 13.2. The van der Waals surface area contributed by atoms with Gasteiger partial charge in [-0.05, 0) is 98.4 Å². The number of phenols is 1. The van der Waals surface area contributed by atoms with Crippen LogP contribution >= 0.6 is 12.2 Å². The third-order valence-electron chi connectivity index (χ3n) is 7.10. The molecule has 5 aromatic rings. The monoisotopic (exact) mass is 532 g/mol. The summed E-state index contributed by atoms with van der Waals surface area (Å²) in [5, 5.41) is 14.8. The first-order chi connectivity index (χ1) is 19.0. The summed E-state index contributed by atoms with van der Waals surface area (Å²) in [6.07, 6.45) is 1.81. The van der Waals surface area contributed by atoms with E-state index in [-0.39, 0.29) is 17.8 Å². The molecule has 7 heteroatoms. The minimum atomic E-state index is -0.169. The Morgan fingerprint density at radius 3 is 2.26 bits per heavy atom. The SMILES string of the molecule is Cc1cc([C@@H]2[C@H](c3ccccn3)NC(=S)N2c2ccc(Oc3ccccc3)cc2)c(C)n1-c1ccccc1O. The Morgan fingerprint density at radius 2 is 1.54 bits per heavy atom. The molecule has 0 saturated carbocycles. The Labute approximate surface area is 233 Å². The fraction of sp³-hybridized carbons (Fsp3) is 0.125. The van der Waals surface area contributed by atoms with Crippen molar-refractivity contribution in [2.75, 3.05) is 4.90 Å². The lowest BCUT2D eigenvalue weighted by atomic mass is 9.96. The van der Waals surface area contributed by atoms with Gasteiger partial charge in [0.05, 0.1) is 23.5 Å². The van der Waals surface area contributed by atoms with Crippen LogP contribution in [0.4, 0.5) is 5.69 Å². The highest BCUT2D eigenvalue weighted by molar-refractivity contribution is 7.80. The van der Waals surface area contributed by atoms with Gasteiger partial charge in [-0.15, -0.1) is 0 Å². The number of hydrogen-bond acceptors (Lipinski definition) is 4. The normalized spacial score (nSPS) is 16.8. The van der Waals surface area contributed by atoms with E-state index in [1.807, 2.05) is 91.0 Å². The van der Waals surface area contributed by atoms with Crippen LogP contribution in [0.15, 0.2) is 109 Å². The van der Waals surface area contributed by atoms with Crippen molar-refractivity contribution in [2.24, 2.45) is 0 Å².